The summed E-state index contributed by atoms with van der Waals surface area (Å²) in [6.07, 6.45) is -2.83. The lowest BCUT2D eigenvalue weighted by molar-refractivity contribution is -0.173. The molecule has 1 rings (SSSR count). The molecule has 0 bridgehead atoms. The van der Waals surface area contributed by atoms with Gasteiger partial charge in [-0.25, -0.2) is 0 Å². The summed E-state index contributed by atoms with van der Waals surface area (Å²) < 4.78 is 40.0. The van der Waals surface area contributed by atoms with E-state index in [1.165, 1.54) is 5.56 Å². The maximum atomic E-state index is 11.9. The number of aliphatic imine (C=N–C) groups is 1. The van der Waals surface area contributed by atoms with E-state index in [9.17, 15) is 13.2 Å². The number of nitrogens with zero attached hydrogens (tertiary/aromatic N) is 1. The molecular formula is C16H24F3N3O. The summed E-state index contributed by atoms with van der Waals surface area (Å²) in [5, 5.41) is 2.95. The Morgan fingerprint density at radius 2 is 1.96 bits per heavy atom. The van der Waals surface area contributed by atoms with Gasteiger partial charge in [-0.2, -0.15) is 13.2 Å². The first-order valence-corrected chi connectivity index (χ1v) is 7.63. The van der Waals surface area contributed by atoms with E-state index in [2.05, 4.69) is 28.9 Å². The fraction of sp³-hybridized carbons (Fsp3) is 0.562. The standard InChI is InChI=1S/C16H24F3N3O/c1-3-12(2)13-5-7-14(8-6-13)22-15(20)21-9-4-10-23-11-16(17,18)19/h5-8,12H,3-4,9-11H2,1-2H3,(H3,20,21,22). The molecule has 1 aromatic carbocycles. The summed E-state index contributed by atoms with van der Waals surface area (Å²) in [7, 11) is 0. The van der Waals surface area contributed by atoms with Gasteiger partial charge in [-0.15, -0.1) is 0 Å². The third-order valence-electron chi connectivity index (χ3n) is 3.36. The zero-order valence-electron chi connectivity index (χ0n) is 13.5. The van der Waals surface area contributed by atoms with Crippen LogP contribution in [0.2, 0.25) is 0 Å². The normalized spacial score (nSPS) is 13.9. The molecule has 0 amide bonds. The van der Waals surface area contributed by atoms with Gasteiger partial charge in [-0.3, -0.25) is 4.99 Å². The Labute approximate surface area is 134 Å². The van der Waals surface area contributed by atoms with Crippen LogP contribution in [0.25, 0.3) is 0 Å². The molecule has 0 aromatic heterocycles. The van der Waals surface area contributed by atoms with Gasteiger partial charge in [0, 0.05) is 18.8 Å². The van der Waals surface area contributed by atoms with Gasteiger partial charge >= 0.3 is 6.18 Å². The maximum absolute atomic E-state index is 11.9. The highest BCUT2D eigenvalue weighted by atomic mass is 19.4. The Kier molecular flexibility index (Phi) is 7.88. The number of alkyl halides is 3. The molecule has 1 aromatic rings. The number of benzene rings is 1. The van der Waals surface area contributed by atoms with Crippen LogP contribution in [0.1, 0.15) is 38.2 Å². The van der Waals surface area contributed by atoms with Crippen LogP contribution >= 0.6 is 0 Å². The molecule has 0 saturated carbocycles. The summed E-state index contributed by atoms with van der Waals surface area (Å²) in [4.78, 5) is 4.05. The predicted octanol–water partition coefficient (Wildman–Crippen LogP) is 3.90. The van der Waals surface area contributed by atoms with Gasteiger partial charge in [0.15, 0.2) is 5.96 Å². The average molecular weight is 331 g/mol. The first kappa shape index (κ1) is 19.3. The molecule has 130 valence electrons. The smallest absolute Gasteiger partial charge is 0.372 e. The minimum Gasteiger partial charge on any atom is -0.372 e. The molecule has 4 nitrogen and oxygen atoms in total. The van der Waals surface area contributed by atoms with Gasteiger partial charge in [0.1, 0.15) is 6.61 Å². The number of hydrogen-bond donors (Lipinski definition) is 2. The van der Waals surface area contributed by atoms with Gasteiger partial charge in [-0.1, -0.05) is 26.0 Å². The second-order valence-electron chi connectivity index (χ2n) is 5.34. The van der Waals surface area contributed by atoms with Crippen molar-refractivity contribution in [3.8, 4) is 0 Å². The largest absolute Gasteiger partial charge is 0.411 e. The van der Waals surface area contributed by atoms with Crippen molar-refractivity contribution in [2.24, 2.45) is 10.7 Å². The highest BCUT2D eigenvalue weighted by molar-refractivity contribution is 5.92. The van der Waals surface area contributed by atoms with Crippen molar-refractivity contribution < 1.29 is 17.9 Å². The van der Waals surface area contributed by atoms with Crippen LogP contribution < -0.4 is 11.1 Å². The molecule has 0 heterocycles. The summed E-state index contributed by atoms with van der Waals surface area (Å²) in [6, 6.07) is 7.93. The Hall–Kier alpha value is -1.76. The maximum Gasteiger partial charge on any atom is 0.411 e. The van der Waals surface area contributed by atoms with Crippen molar-refractivity contribution >= 4 is 11.6 Å². The predicted molar refractivity (Wildman–Crippen MR) is 86.8 cm³/mol. The lowest BCUT2D eigenvalue weighted by Crippen LogP contribution is -2.23. The van der Waals surface area contributed by atoms with E-state index in [4.69, 9.17) is 5.73 Å². The van der Waals surface area contributed by atoms with E-state index in [-0.39, 0.29) is 12.6 Å². The van der Waals surface area contributed by atoms with Crippen LogP contribution in [0.5, 0.6) is 0 Å². The molecule has 7 heteroatoms. The van der Waals surface area contributed by atoms with Gasteiger partial charge in [0.05, 0.1) is 0 Å². The number of nitrogens with one attached hydrogen (secondary N) is 1. The minimum absolute atomic E-state index is 0.000106. The van der Waals surface area contributed by atoms with Crippen LogP contribution in [0.3, 0.4) is 0 Å². The average Bonchev–Trinajstić information content (AvgIpc) is 2.49. The molecule has 0 spiro atoms. The number of halogens is 3. The van der Waals surface area contributed by atoms with Crippen molar-refractivity contribution in [3.05, 3.63) is 29.8 Å². The van der Waals surface area contributed by atoms with E-state index in [0.29, 0.717) is 18.9 Å². The van der Waals surface area contributed by atoms with E-state index in [0.717, 1.165) is 12.1 Å². The Morgan fingerprint density at radius 1 is 1.30 bits per heavy atom. The van der Waals surface area contributed by atoms with Crippen LogP contribution in [-0.2, 0) is 4.74 Å². The highest BCUT2D eigenvalue weighted by Crippen LogP contribution is 2.20. The summed E-state index contributed by atoms with van der Waals surface area (Å²) in [6.45, 7) is 3.38. The molecule has 0 aliphatic carbocycles. The van der Waals surface area contributed by atoms with E-state index in [1.807, 2.05) is 24.3 Å². The second kappa shape index (κ2) is 9.39. The van der Waals surface area contributed by atoms with Gasteiger partial charge in [-0.05, 0) is 36.5 Å². The third kappa shape index (κ3) is 8.44. The van der Waals surface area contributed by atoms with Crippen LogP contribution in [0.15, 0.2) is 29.3 Å². The zero-order chi connectivity index (χ0) is 17.3. The molecule has 1 unspecified atom stereocenters. The van der Waals surface area contributed by atoms with Crippen molar-refractivity contribution in [1.29, 1.82) is 0 Å². The zero-order valence-corrected chi connectivity index (χ0v) is 13.5. The topological polar surface area (TPSA) is 59.6 Å². The Bertz CT molecular complexity index is 486. The number of hydrogen-bond acceptors (Lipinski definition) is 2. The first-order valence-electron chi connectivity index (χ1n) is 7.63. The number of guanidine groups is 1. The molecule has 0 aliphatic rings. The summed E-state index contributed by atoms with van der Waals surface area (Å²) in [5.41, 5.74) is 7.82. The van der Waals surface area contributed by atoms with Crippen molar-refractivity contribution in [2.45, 2.75) is 38.8 Å². The second-order valence-corrected chi connectivity index (χ2v) is 5.34. The molecule has 3 N–H and O–H groups in total. The van der Waals surface area contributed by atoms with Gasteiger partial charge in [0.2, 0.25) is 0 Å². The van der Waals surface area contributed by atoms with Crippen LogP contribution in [0.4, 0.5) is 18.9 Å². The van der Waals surface area contributed by atoms with Crippen molar-refractivity contribution in [1.82, 2.24) is 0 Å². The van der Waals surface area contributed by atoms with E-state index >= 15 is 0 Å². The van der Waals surface area contributed by atoms with Crippen LogP contribution in [0, 0.1) is 0 Å². The Morgan fingerprint density at radius 3 is 2.52 bits per heavy atom. The highest BCUT2D eigenvalue weighted by Gasteiger charge is 2.27. The van der Waals surface area contributed by atoms with E-state index in [1.54, 1.807) is 0 Å². The number of ether oxygens (including phenoxy) is 1. The third-order valence-corrected chi connectivity index (χ3v) is 3.36. The van der Waals surface area contributed by atoms with Crippen molar-refractivity contribution in [3.63, 3.8) is 0 Å². The van der Waals surface area contributed by atoms with Gasteiger partial charge < -0.3 is 15.8 Å². The van der Waals surface area contributed by atoms with Gasteiger partial charge in [0.25, 0.3) is 0 Å². The quantitative estimate of drug-likeness (QED) is 0.431. The SMILES string of the molecule is CCC(C)c1ccc(NC(N)=NCCCOCC(F)(F)F)cc1. The lowest BCUT2D eigenvalue weighted by atomic mass is 9.99. The minimum atomic E-state index is -4.29. The monoisotopic (exact) mass is 331 g/mol. The fourth-order valence-corrected chi connectivity index (χ4v) is 1.87. The van der Waals surface area contributed by atoms with E-state index < -0.39 is 12.8 Å². The molecular weight excluding hydrogens is 307 g/mol. The molecule has 0 saturated heterocycles. The molecule has 23 heavy (non-hydrogen) atoms. The number of anilines is 1. The number of rotatable bonds is 8. The first-order chi connectivity index (χ1) is 10.8. The molecule has 0 radical (unpaired) electrons. The summed E-state index contributed by atoms with van der Waals surface area (Å²) >= 11 is 0. The fourth-order valence-electron chi connectivity index (χ4n) is 1.87. The molecule has 0 aliphatic heterocycles. The molecule has 0 fully saturated rings. The van der Waals surface area contributed by atoms with Crippen LogP contribution in [-0.4, -0.2) is 31.9 Å². The summed E-state index contributed by atoms with van der Waals surface area (Å²) in [5.74, 6) is 0.740. The molecule has 1 atom stereocenters. The van der Waals surface area contributed by atoms with Crippen molar-refractivity contribution in [2.75, 3.05) is 25.1 Å². The Balaban J connectivity index is 2.31. The lowest BCUT2D eigenvalue weighted by Gasteiger charge is -2.11. The number of nitrogens with two attached hydrogens (primary N) is 1.